The van der Waals surface area contributed by atoms with Crippen LogP contribution < -0.4 is 5.84 Å². The van der Waals surface area contributed by atoms with Crippen molar-refractivity contribution < 1.29 is 8.42 Å². The smallest absolute Gasteiger partial charge is 0.210 e. The Balaban J connectivity index is 1.53. The van der Waals surface area contributed by atoms with Crippen LogP contribution >= 0.6 is 23.1 Å². The summed E-state index contributed by atoms with van der Waals surface area (Å²) in [4.78, 5) is 1.16. The average molecular weight is 435 g/mol. The molecule has 144 valence electrons. The van der Waals surface area contributed by atoms with Gasteiger partial charge in [-0.2, -0.15) is 4.68 Å². The van der Waals surface area contributed by atoms with Crippen LogP contribution in [0, 0.1) is 0 Å². The van der Waals surface area contributed by atoms with Crippen LogP contribution in [0.1, 0.15) is 5.82 Å². The fourth-order valence-electron chi connectivity index (χ4n) is 2.41. The lowest BCUT2D eigenvalue weighted by molar-refractivity contribution is 0.602. The highest BCUT2D eigenvalue weighted by Crippen LogP contribution is 2.26. The Bertz CT molecular complexity index is 1200. The fraction of sp³-hybridized carbons (Fsp3) is 0.133. The third-order valence-corrected chi connectivity index (χ3v) is 6.71. The number of nitrogens with zero attached hydrogens (tertiary/aromatic N) is 7. The summed E-state index contributed by atoms with van der Waals surface area (Å²) in [6, 6.07) is 10.2. The van der Waals surface area contributed by atoms with Crippen molar-refractivity contribution in [3.05, 3.63) is 47.6 Å². The lowest BCUT2D eigenvalue weighted by atomic mass is 10.3. The number of nitrogen functional groups attached to an aromatic ring is 1. The summed E-state index contributed by atoms with van der Waals surface area (Å²) in [6.07, 6.45) is 1.16. The lowest BCUT2D eigenvalue weighted by Gasteiger charge is -2.05. The molecular formula is C15H14N8O2S3. The molecule has 3 heterocycles. The highest BCUT2D eigenvalue weighted by molar-refractivity contribution is 7.98. The first-order valence-corrected chi connectivity index (χ1v) is 11.6. The van der Waals surface area contributed by atoms with Crippen molar-refractivity contribution in [2.24, 2.45) is 0 Å². The molecule has 28 heavy (non-hydrogen) atoms. The first kappa shape index (κ1) is 18.6. The number of hydrogen-bond donors (Lipinski definition) is 1. The van der Waals surface area contributed by atoms with Gasteiger partial charge >= 0.3 is 0 Å². The molecule has 0 bridgehead atoms. The van der Waals surface area contributed by atoms with Crippen LogP contribution in [-0.2, 0) is 15.6 Å². The summed E-state index contributed by atoms with van der Waals surface area (Å²) in [5.74, 6) is 7.66. The molecule has 0 radical (unpaired) electrons. The zero-order valence-electron chi connectivity index (χ0n) is 14.5. The Kier molecular flexibility index (Phi) is 4.87. The van der Waals surface area contributed by atoms with Crippen molar-refractivity contribution in [2.45, 2.75) is 15.8 Å². The summed E-state index contributed by atoms with van der Waals surface area (Å²) in [6.45, 7) is 0. The quantitative estimate of drug-likeness (QED) is 0.353. The molecule has 0 aliphatic carbocycles. The van der Waals surface area contributed by atoms with E-state index < -0.39 is 9.84 Å². The summed E-state index contributed by atoms with van der Waals surface area (Å²) in [7, 11) is -3.26. The molecule has 13 heteroatoms. The molecule has 0 saturated carbocycles. The third-order valence-electron chi connectivity index (χ3n) is 3.78. The van der Waals surface area contributed by atoms with E-state index in [2.05, 4.69) is 25.7 Å². The summed E-state index contributed by atoms with van der Waals surface area (Å²) < 4.78 is 26.2. The van der Waals surface area contributed by atoms with Gasteiger partial charge in [-0.3, -0.25) is 0 Å². The third kappa shape index (κ3) is 3.63. The molecule has 3 aromatic heterocycles. The molecule has 0 spiro atoms. The highest BCUT2D eigenvalue weighted by atomic mass is 32.2. The van der Waals surface area contributed by atoms with Crippen LogP contribution in [0.4, 0.5) is 0 Å². The van der Waals surface area contributed by atoms with E-state index in [0.717, 1.165) is 11.1 Å². The van der Waals surface area contributed by atoms with E-state index in [-0.39, 0.29) is 4.90 Å². The van der Waals surface area contributed by atoms with Crippen LogP contribution in [0.5, 0.6) is 0 Å². The number of tetrazole rings is 1. The molecule has 0 amide bonds. The number of rotatable bonds is 6. The summed E-state index contributed by atoms with van der Waals surface area (Å²) in [5.41, 5.74) is 0.654. The minimum absolute atomic E-state index is 0.234. The normalized spacial score (nSPS) is 11.8. The zero-order valence-corrected chi connectivity index (χ0v) is 16.9. The summed E-state index contributed by atoms with van der Waals surface area (Å²) in [5, 5.41) is 22.5. The van der Waals surface area contributed by atoms with Gasteiger partial charge in [0.25, 0.3) is 0 Å². The topological polar surface area (TPSA) is 134 Å². The number of benzene rings is 1. The first-order valence-electron chi connectivity index (χ1n) is 7.88. The number of sulfone groups is 1. The van der Waals surface area contributed by atoms with Gasteiger partial charge in [-0.25, -0.2) is 13.1 Å². The molecule has 0 unspecified atom stereocenters. The second kappa shape index (κ2) is 7.33. The van der Waals surface area contributed by atoms with Crippen molar-refractivity contribution in [3.8, 4) is 16.4 Å². The molecule has 0 aliphatic rings. The molecule has 4 rings (SSSR count). The van der Waals surface area contributed by atoms with Gasteiger partial charge in [-0.15, -0.1) is 26.6 Å². The van der Waals surface area contributed by atoms with Crippen molar-refractivity contribution in [2.75, 3.05) is 12.1 Å². The molecule has 0 aliphatic heterocycles. The number of aromatic nitrogens is 7. The van der Waals surface area contributed by atoms with Gasteiger partial charge in [0.2, 0.25) is 5.16 Å². The maximum atomic E-state index is 11.6. The first-order chi connectivity index (χ1) is 13.4. The monoisotopic (exact) mass is 434 g/mol. The van der Waals surface area contributed by atoms with E-state index in [1.54, 1.807) is 12.1 Å². The van der Waals surface area contributed by atoms with Crippen molar-refractivity contribution >= 4 is 32.9 Å². The minimum atomic E-state index is -3.26. The van der Waals surface area contributed by atoms with Crippen LogP contribution in [0.3, 0.4) is 0 Å². The van der Waals surface area contributed by atoms with E-state index in [0.29, 0.717) is 28.2 Å². The minimum Gasteiger partial charge on any atom is -0.335 e. The van der Waals surface area contributed by atoms with E-state index in [9.17, 15) is 8.42 Å². The maximum absolute atomic E-state index is 11.6. The fourth-order valence-corrected chi connectivity index (χ4v) is 4.51. The van der Waals surface area contributed by atoms with Gasteiger partial charge in [0, 0.05) is 6.26 Å². The second-order valence-corrected chi connectivity index (χ2v) is 9.62. The van der Waals surface area contributed by atoms with E-state index in [4.69, 9.17) is 5.84 Å². The van der Waals surface area contributed by atoms with Crippen LogP contribution in [0.15, 0.2) is 51.8 Å². The van der Waals surface area contributed by atoms with E-state index in [1.165, 1.54) is 44.6 Å². The number of thiophene rings is 1. The SMILES string of the molecule is CS(=O)(=O)c1ccc(-n2nnnc2CSc2nnc(-c3cccs3)n2N)cc1. The van der Waals surface area contributed by atoms with Crippen LogP contribution in [0.25, 0.3) is 16.4 Å². The second-order valence-electron chi connectivity index (χ2n) is 5.72. The van der Waals surface area contributed by atoms with Gasteiger partial charge in [-0.1, -0.05) is 17.8 Å². The van der Waals surface area contributed by atoms with E-state index >= 15 is 0 Å². The number of nitrogens with two attached hydrogens (primary N) is 1. The molecule has 10 nitrogen and oxygen atoms in total. The molecule has 0 atom stereocenters. The molecule has 1 aromatic carbocycles. The Morgan fingerprint density at radius 3 is 2.61 bits per heavy atom. The highest BCUT2D eigenvalue weighted by Gasteiger charge is 2.16. The predicted octanol–water partition coefficient (Wildman–Crippen LogP) is 1.39. The Morgan fingerprint density at radius 2 is 1.93 bits per heavy atom. The van der Waals surface area contributed by atoms with Gasteiger partial charge < -0.3 is 5.84 Å². The van der Waals surface area contributed by atoms with Gasteiger partial charge in [-0.05, 0) is 46.1 Å². The Morgan fingerprint density at radius 1 is 1.14 bits per heavy atom. The molecule has 0 saturated heterocycles. The molecule has 4 aromatic rings. The van der Waals surface area contributed by atoms with E-state index in [1.807, 2.05) is 17.5 Å². The van der Waals surface area contributed by atoms with Crippen molar-refractivity contribution in [1.29, 1.82) is 0 Å². The Labute approximate surface area is 168 Å². The zero-order chi connectivity index (χ0) is 19.7. The van der Waals surface area contributed by atoms with Gasteiger partial charge in [0.1, 0.15) is 0 Å². The van der Waals surface area contributed by atoms with Gasteiger partial charge in [0.15, 0.2) is 21.5 Å². The van der Waals surface area contributed by atoms with Crippen LogP contribution in [0.2, 0.25) is 0 Å². The lowest BCUT2D eigenvalue weighted by Crippen LogP contribution is -2.11. The summed E-state index contributed by atoms with van der Waals surface area (Å²) >= 11 is 2.88. The van der Waals surface area contributed by atoms with Gasteiger partial charge in [0.05, 0.1) is 21.2 Å². The standard InChI is InChI=1S/C15H14N8O2S3/c1-28(24,25)11-6-4-10(5-7-11)23-13(17-20-21-23)9-27-15-19-18-14(22(15)16)12-3-2-8-26-12/h2-8H,9,16H2,1H3. The Hall–Kier alpha value is -2.77. The molecular weight excluding hydrogens is 420 g/mol. The van der Waals surface area contributed by atoms with Crippen LogP contribution in [-0.4, -0.2) is 49.8 Å². The maximum Gasteiger partial charge on any atom is 0.210 e. The largest absolute Gasteiger partial charge is 0.335 e. The number of hydrogen-bond acceptors (Lipinski definition) is 10. The molecule has 0 fully saturated rings. The predicted molar refractivity (Wildman–Crippen MR) is 105 cm³/mol. The van der Waals surface area contributed by atoms with Crippen molar-refractivity contribution in [1.82, 2.24) is 35.1 Å². The number of thioether (sulfide) groups is 1. The van der Waals surface area contributed by atoms with Crippen molar-refractivity contribution in [3.63, 3.8) is 0 Å². The average Bonchev–Trinajstić information content (AvgIpc) is 3.40. The molecule has 2 N–H and O–H groups in total.